The Hall–Kier alpha value is -8.32. The minimum atomic E-state index is 0.595. The summed E-state index contributed by atoms with van der Waals surface area (Å²) in [5, 5.41) is 28.2. The normalized spacial score (nSPS) is 11.4. The average Bonchev–Trinajstić information content (AvgIpc) is 3.83. The lowest BCUT2D eigenvalue weighted by Crippen LogP contribution is -2.11. The number of rotatable bonds is 6. The van der Waals surface area contributed by atoms with Crippen LogP contribution in [0.5, 0.6) is 0 Å². The lowest BCUT2D eigenvalue weighted by atomic mass is 10.0. The summed E-state index contributed by atoms with van der Waals surface area (Å²) in [6.45, 7) is 0. The lowest BCUT2D eigenvalue weighted by molar-refractivity contribution is 0.663. The third-order valence-corrected chi connectivity index (χ3v) is 11.0. The number of anilines is 6. The van der Waals surface area contributed by atoms with Crippen molar-refractivity contribution in [1.82, 2.24) is 0 Å². The monoisotopic (exact) mass is 742 g/mol. The largest absolute Gasteiger partial charge is 0.456 e. The van der Waals surface area contributed by atoms with Crippen LogP contribution in [0.4, 0.5) is 34.1 Å². The van der Waals surface area contributed by atoms with Crippen LogP contribution in [0, 0.1) is 22.7 Å². The number of nitriles is 2. The van der Waals surface area contributed by atoms with Crippen LogP contribution in [0.25, 0.3) is 65.4 Å². The first-order valence-electron chi connectivity index (χ1n) is 19.0. The smallest absolute Gasteiger partial charge is 0.147 e. The molecule has 9 aromatic carbocycles. The third-order valence-electron chi connectivity index (χ3n) is 11.0. The molecular weight excluding hydrogens is 713 g/mol. The average molecular weight is 743 g/mol. The van der Waals surface area contributed by atoms with E-state index in [1.165, 1.54) is 0 Å². The highest BCUT2D eigenvalue weighted by Crippen LogP contribution is 2.44. The number of nitrogens with zero attached hydrogens (tertiary/aromatic N) is 4. The van der Waals surface area contributed by atoms with E-state index >= 15 is 0 Å². The maximum atomic E-state index is 10.0. The van der Waals surface area contributed by atoms with Crippen LogP contribution in [0.1, 0.15) is 11.1 Å². The summed E-state index contributed by atoms with van der Waals surface area (Å²) in [6, 6.07) is 65.8. The van der Waals surface area contributed by atoms with Gasteiger partial charge in [0.1, 0.15) is 34.5 Å². The number of hydrogen-bond acceptors (Lipinski definition) is 6. The van der Waals surface area contributed by atoms with Crippen molar-refractivity contribution in [2.45, 2.75) is 0 Å². The zero-order valence-electron chi connectivity index (χ0n) is 30.9. The molecule has 0 spiro atoms. The summed E-state index contributed by atoms with van der Waals surface area (Å²) >= 11 is 0. The molecule has 2 aromatic heterocycles. The maximum absolute atomic E-state index is 10.0. The van der Waals surface area contributed by atoms with Crippen molar-refractivity contribution in [3.63, 3.8) is 0 Å². The molecule has 2 heterocycles. The van der Waals surface area contributed by atoms with Crippen molar-refractivity contribution in [2.24, 2.45) is 0 Å². The Labute approximate surface area is 332 Å². The van der Waals surface area contributed by atoms with Crippen LogP contribution in [0.3, 0.4) is 0 Å². The van der Waals surface area contributed by atoms with Gasteiger partial charge in [-0.1, -0.05) is 72.8 Å². The molecule has 11 rings (SSSR count). The van der Waals surface area contributed by atoms with Gasteiger partial charge in [0.15, 0.2) is 0 Å². The van der Waals surface area contributed by atoms with Crippen LogP contribution < -0.4 is 9.80 Å². The van der Waals surface area contributed by atoms with Crippen LogP contribution >= 0.6 is 0 Å². The maximum Gasteiger partial charge on any atom is 0.147 e. The Bertz CT molecular complexity index is 3500. The molecule has 0 bridgehead atoms. The molecular formula is C52H30N4O2. The molecule has 270 valence electrons. The molecule has 0 saturated heterocycles. The van der Waals surface area contributed by atoms with Crippen molar-refractivity contribution in [1.29, 1.82) is 10.5 Å². The van der Waals surface area contributed by atoms with E-state index in [1.54, 1.807) is 0 Å². The van der Waals surface area contributed by atoms with E-state index in [9.17, 15) is 10.5 Å². The molecule has 58 heavy (non-hydrogen) atoms. The highest BCUT2D eigenvalue weighted by atomic mass is 16.3. The highest BCUT2D eigenvalue weighted by Gasteiger charge is 2.21. The fourth-order valence-electron chi connectivity index (χ4n) is 8.37. The number of para-hydroxylation sites is 4. The molecule has 0 aliphatic rings. The van der Waals surface area contributed by atoms with Crippen molar-refractivity contribution in [3.8, 4) is 12.1 Å². The van der Waals surface area contributed by atoms with Gasteiger partial charge in [0.25, 0.3) is 0 Å². The third kappa shape index (κ3) is 5.25. The summed E-state index contributed by atoms with van der Waals surface area (Å²) in [5.74, 6) is 0. The Balaban J connectivity index is 1.05. The predicted molar refractivity (Wildman–Crippen MR) is 235 cm³/mol. The Morgan fingerprint density at radius 2 is 0.862 bits per heavy atom. The summed E-state index contributed by atoms with van der Waals surface area (Å²) in [4.78, 5) is 4.25. The zero-order chi connectivity index (χ0) is 38.7. The molecule has 0 radical (unpaired) electrons. The molecule has 6 heteroatoms. The van der Waals surface area contributed by atoms with E-state index in [1.807, 2.05) is 91.0 Å². The predicted octanol–water partition coefficient (Wildman–Crippen LogP) is 14.5. The number of benzene rings is 9. The summed E-state index contributed by atoms with van der Waals surface area (Å²) < 4.78 is 13.3. The van der Waals surface area contributed by atoms with Gasteiger partial charge in [-0.05, 0) is 131 Å². The Morgan fingerprint density at radius 1 is 0.362 bits per heavy atom. The summed E-state index contributed by atoms with van der Waals surface area (Å²) in [7, 11) is 0. The van der Waals surface area contributed by atoms with Gasteiger partial charge in [0, 0.05) is 38.9 Å². The quantitative estimate of drug-likeness (QED) is 0.169. The second-order valence-corrected chi connectivity index (χ2v) is 14.4. The fraction of sp³-hybridized carbons (Fsp3) is 0. The molecule has 0 unspecified atom stereocenters. The first-order chi connectivity index (χ1) is 28.6. The molecule has 11 aromatic rings. The number of furan rings is 2. The van der Waals surface area contributed by atoms with Gasteiger partial charge in [0.2, 0.25) is 0 Å². The molecule has 0 saturated carbocycles. The van der Waals surface area contributed by atoms with Crippen LogP contribution in [-0.2, 0) is 0 Å². The van der Waals surface area contributed by atoms with E-state index in [4.69, 9.17) is 8.83 Å². The number of hydrogen-bond donors (Lipinski definition) is 0. The van der Waals surface area contributed by atoms with Gasteiger partial charge in [-0.2, -0.15) is 10.5 Å². The van der Waals surface area contributed by atoms with Crippen molar-refractivity contribution < 1.29 is 8.83 Å². The van der Waals surface area contributed by atoms with E-state index in [0.29, 0.717) is 11.1 Å². The fourth-order valence-corrected chi connectivity index (χ4v) is 8.37. The second-order valence-electron chi connectivity index (χ2n) is 14.4. The molecule has 0 fully saturated rings. The minimum Gasteiger partial charge on any atom is -0.456 e. The minimum absolute atomic E-state index is 0.595. The molecule has 0 amide bonds. The zero-order valence-corrected chi connectivity index (χ0v) is 30.9. The summed E-state index contributed by atoms with van der Waals surface area (Å²) in [5.41, 5.74) is 9.72. The van der Waals surface area contributed by atoms with Gasteiger partial charge < -0.3 is 18.6 Å². The van der Waals surface area contributed by atoms with E-state index < -0.39 is 0 Å². The highest BCUT2D eigenvalue weighted by molar-refractivity contribution is 6.24. The van der Waals surface area contributed by atoms with Crippen LogP contribution in [-0.4, -0.2) is 0 Å². The molecule has 6 nitrogen and oxygen atoms in total. The van der Waals surface area contributed by atoms with Gasteiger partial charge in [0.05, 0.1) is 27.9 Å². The van der Waals surface area contributed by atoms with Crippen molar-refractivity contribution in [2.75, 3.05) is 9.80 Å². The van der Waals surface area contributed by atoms with Gasteiger partial charge >= 0.3 is 0 Å². The van der Waals surface area contributed by atoms with E-state index in [-0.39, 0.29) is 0 Å². The van der Waals surface area contributed by atoms with Crippen molar-refractivity contribution >= 4 is 99.5 Å². The molecule has 0 aliphatic heterocycles. The standard InChI is InChI=1S/C52H30N4O2/c53-31-35-11-7-9-17-46(35)55(39-13-3-1-4-14-39)41-21-19-33-27-44-43-23-24-48-51(52(43)58-49(44)29-37(33)25-41)45-28-34-20-22-42(26-38(34)30-50(45)57-48)56(40-15-5-2-6-16-40)47-18-10-8-12-36(47)32-54/h1-30H. The van der Waals surface area contributed by atoms with Gasteiger partial charge in [-0.25, -0.2) is 0 Å². The molecule has 0 aliphatic carbocycles. The first kappa shape index (κ1) is 33.1. The Morgan fingerprint density at radius 3 is 1.41 bits per heavy atom. The van der Waals surface area contributed by atoms with Gasteiger partial charge in [-0.15, -0.1) is 0 Å². The Kier molecular flexibility index (Phi) is 7.50. The first-order valence-corrected chi connectivity index (χ1v) is 19.0. The van der Waals surface area contributed by atoms with Gasteiger partial charge in [-0.3, -0.25) is 0 Å². The van der Waals surface area contributed by atoms with E-state index in [2.05, 4.69) is 113 Å². The second kappa shape index (κ2) is 13.2. The summed E-state index contributed by atoms with van der Waals surface area (Å²) in [6.07, 6.45) is 0. The lowest BCUT2D eigenvalue weighted by Gasteiger charge is -2.26. The molecule has 0 N–H and O–H groups in total. The SMILES string of the molecule is N#Cc1ccccc1N(c1ccccc1)c1ccc2cc3c(cc2c1)oc1c3ccc2oc3cc4cc(N(c5ccccc5)c5ccccc5C#N)ccc4cc3c21. The van der Waals surface area contributed by atoms with Crippen molar-refractivity contribution in [3.05, 3.63) is 193 Å². The van der Waals surface area contributed by atoms with E-state index in [0.717, 1.165) is 99.5 Å². The van der Waals surface area contributed by atoms with Crippen LogP contribution in [0.15, 0.2) is 191 Å². The topological polar surface area (TPSA) is 80.3 Å². The molecule has 0 atom stereocenters. The number of fused-ring (bicyclic) bond motifs is 9. The van der Waals surface area contributed by atoms with Crippen LogP contribution in [0.2, 0.25) is 0 Å².